The second kappa shape index (κ2) is 9.35. The number of aliphatic imine (C=N–C) groups is 1. The van der Waals surface area contributed by atoms with Crippen LogP contribution in [0.15, 0.2) is 40.2 Å². The van der Waals surface area contributed by atoms with Crippen molar-refractivity contribution in [2.24, 2.45) is 4.99 Å². The third-order valence-corrected chi connectivity index (χ3v) is 4.50. The van der Waals surface area contributed by atoms with Gasteiger partial charge in [-0.1, -0.05) is 24.3 Å². The van der Waals surface area contributed by atoms with Crippen LogP contribution in [-0.4, -0.2) is 33.7 Å². The van der Waals surface area contributed by atoms with Gasteiger partial charge in [-0.2, -0.15) is 0 Å². The van der Waals surface area contributed by atoms with Gasteiger partial charge in [-0.3, -0.25) is 0 Å². The maximum absolute atomic E-state index is 11.6. The van der Waals surface area contributed by atoms with Crippen LogP contribution >= 0.6 is 0 Å². The molecule has 5 nitrogen and oxygen atoms in total. The maximum atomic E-state index is 11.6. The third-order valence-electron chi connectivity index (χ3n) is 3.24. The lowest BCUT2D eigenvalue weighted by Gasteiger charge is -2.11. The average molecular weight is 337 g/mol. The predicted molar refractivity (Wildman–Crippen MR) is 96.5 cm³/mol. The van der Waals surface area contributed by atoms with E-state index < -0.39 is 9.84 Å². The number of benzene rings is 1. The van der Waals surface area contributed by atoms with Crippen LogP contribution in [0.3, 0.4) is 0 Å². The Hall–Kier alpha value is -1.82. The summed E-state index contributed by atoms with van der Waals surface area (Å²) in [7, 11) is -3.17. The van der Waals surface area contributed by atoms with Gasteiger partial charge in [0.1, 0.15) is 0 Å². The Morgan fingerprint density at radius 2 is 2.04 bits per heavy atom. The SMILES string of the molecule is C/C=C/CCNC(=NCc1ccc(S(C)(=O)=O)c(C)c1)NCC. The van der Waals surface area contributed by atoms with E-state index in [0.29, 0.717) is 11.4 Å². The highest BCUT2D eigenvalue weighted by atomic mass is 32.2. The van der Waals surface area contributed by atoms with Gasteiger partial charge in [0.25, 0.3) is 0 Å². The molecule has 0 unspecified atom stereocenters. The molecule has 0 aromatic heterocycles. The van der Waals surface area contributed by atoms with Crippen molar-refractivity contribution in [1.82, 2.24) is 10.6 Å². The van der Waals surface area contributed by atoms with Crippen LogP contribution in [0.5, 0.6) is 0 Å². The molecule has 1 rings (SSSR count). The molecule has 2 N–H and O–H groups in total. The number of hydrogen-bond donors (Lipinski definition) is 2. The first-order valence-electron chi connectivity index (χ1n) is 7.81. The van der Waals surface area contributed by atoms with E-state index in [-0.39, 0.29) is 0 Å². The Morgan fingerprint density at radius 3 is 2.61 bits per heavy atom. The van der Waals surface area contributed by atoms with Crippen molar-refractivity contribution in [1.29, 1.82) is 0 Å². The van der Waals surface area contributed by atoms with E-state index in [0.717, 1.165) is 36.6 Å². The zero-order chi connectivity index (χ0) is 17.3. The molecule has 1 aromatic rings. The lowest BCUT2D eigenvalue weighted by molar-refractivity contribution is 0.601. The topological polar surface area (TPSA) is 70.6 Å². The summed E-state index contributed by atoms with van der Waals surface area (Å²) in [5.41, 5.74) is 1.74. The maximum Gasteiger partial charge on any atom is 0.191 e. The molecule has 0 spiro atoms. The van der Waals surface area contributed by atoms with Crippen LogP contribution in [-0.2, 0) is 16.4 Å². The highest BCUT2D eigenvalue weighted by molar-refractivity contribution is 7.90. The number of guanidine groups is 1. The first-order valence-corrected chi connectivity index (χ1v) is 9.70. The number of nitrogens with one attached hydrogen (secondary N) is 2. The molecule has 0 aliphatic rings. The quantitative estimate of drug-likeness (QED) is 0.347. The van der Waals surface area contributed by atoms with Gasteiger partial charge in [-0.15, -0.1) is 0 Å². The fourth-order valence-corrected chi connectivity index (χ4v) is 3.14. The zero-order valence-electron chi connectivity index (χ0n) is 14.4. The van der Waals surface area contributed by atoms with Crippen LogP contribution in [0.4, 0.5) is 0 Å². The first kappa shape index (κ1) is 19.2. The normalized spacial score (nSPS) is 12.6. The van der Waals surface area contributed by atoms with E-state index in [9.17, 15) is 8.42 Å². The molecule has 128 valence electrons. The molecule has 0 fully saturated rings. The van der Waals surface area contributed by atoms with E-state index in [1.165, 1.54) is 6.26 Å². The average Bonchev–Trinajstić information content (AvgIpc) is 2.47. The highest BCUT2D eigenvalue weighted by Gasteiger charge is 2.10. The summed E-state index contributed by atoms with van der Waals surface area (Å²) in [5, 5.41) is 6.47. The minimum atomic E-state index is -3.17. The molecule has 0 saturated heterocycles. The van der Waals surface area contributed by atoms with Gasteiger partial charge in [-0.05, 0) is 44.4 Å². The van der Waals surface area contributed by atoms with Gasteiger partial charge in [0.05, 0.1) is 11.4 Å². The summed E-state index contributed by atoms with van der Waals surface area (Å²) >= 11 is 0. The minimum Gasteiger partial charge on any atom is -0.357 e. The Morgan fingerprint density at radius 1 is 1.30 bits per heavy atom. The molecule has 0 saturated carbocycles. The molecular formula is C17H27N3O2S. The van der Waals surface area contributed by atoms with Gasteiger partial charge < -0.3 is 10.6 Å². The predicted octanol–water partition coefficient (Wildman–Crippen LogP) is 2.42. The number of nitrogens with zero attached hydrogens (tertiary/aromatic N) is 1. The molecule has 23 heavy (non-hydrogen) atoms. The fourth-order valence-electron chi connectivity index (χ4n) is 2.18. The van der Waals surface area contributed by atoms with Gasteiger partial charge >= 0.3 is 0 Å². The smallest absolute Gasteiger partial charge is 0.191 e. The number of allylic oxidation sites excluding steroid dienone is 1. The Labute approximate surface area is 139 Å². The molecule has 1 aromatic carbocycles. The third kappa shape index (κ3) is 6.86. The van der Waals surface area contributed by atoms with Crippen LogP contribution in [0.2, 0.25) is 0 Å². The van der Waals surface area contributed by atoms with E-state index in [1.807, 2.05) is 39.0 Å². The van der Waals surface area contributed by atoms with Gasteiger partial charge in [0, 0.05) is 19.3 Å². The number of hydrogen-bond acceptors (Lipinski definition) is 3. The van der Waals surface area contributed by atoms with Crippen molar-refractivity contribution < 1.29 is 8.42 Å². The van der Waals surface area contributed by atoms with E-state index in [1.54, 1.807) is 6.07 Å². The summed E-state index contributed by atoms with van der Waals surface area (Å²) < 4.78 is 23.3. The molecular weight excluding hydrogens is 310 g/mol. The number of aryl methyl sites for hydroxylation is 1. The molecule has 0 heterocycles. The van der Waals surface area contributed by atoms with Crippen molar-refractivity contribution in [3.8, 4) is 0 Å². The zero-order valence-corrected chi connectivity index (χ0v) is 15.2. The van der Waals surface area contributed by atoms with E-state index >= 15 is 0 Å². The molecule has 0 bridgehead atoms. The summed E-state index contributed by atoms with van der Waals surface area (Å²) in [5.74, 6) is 0.766. The molecule has 0 aliphatic heterocycles. The van der Waals surface area contributed by atoms with Crippen molar-refractivity contribution in [3.05, 3.63) is 41.5 Å². The summed E-state index contributed by atoms with van der Waals surface area (Å²) in [4.78, 5) is 4.91. The first-order chi connectivity index (χ1) is 10.9. The van der Waals surface area contributed by atoms with Crippen LogP contribution in [0.1, 0.15) is 31.4 Å². The summed E-state index contributed by atoms with van der Waals surface area (Å²) in [6, 6.07) is 5.35. The van der Waals surface area contributed by atoms with Gasteiger partial charge in [0.15, 0.2) is 15.8 Å². The van der Waals surface area contributed by atoms with Crippen LogP contribution in [0.25, 0.3) is 0 Å². The number of sulfone groups is 1. The fraction of sp³-hybridized carbons (Fsp3) is 0.471. The molecule has 0 atom stereocenters. The van der Waals surface area contributed by atoms with Crippen molar-refractivity contribution in [2.45, 2.75) is 38.6 Å². The van der Waals surface area contributed by atoms with Gasteiger partial charge in [-0.25, -0.2) is 13.4 Å². The Balaban J connectivity index is 2.77. The minimum absolute atomic E-state index is 0.376. The van der Waals surface area contributed by atoms with Crippen molar-refractivity contribution in [2.75, 3.05) is 19.3 Å². The second-order valence-corrected chi connectivity index (χ2v) is 7.34. The molecule has 6 heteroatoms. The molecule has 0 aliphatic carbocycles. The lowest BCUT2D eigenvalue weighted by Crippen LogP contribution is -2.37. The largest absolute Gasteiger partial charge is 0.357 e. The summed E-state index contributed by atoms with van der Waals surface area (Å²) in [6.07, 6.45) is 6.30. The Kier molecular flexibility index (Phi) is 7.81. The van der Waals surface area contributed by atoms with Crippen molar-refractivity contribution in [3.63, 3.8) is 0 Å². The monoisotopic (exact) mass is 337 g/mol. The highest BCUT2D eigenvalue weighted by Crippen LogP contribution is 2.17. The molecule has 0 amide bonds. The second-order valence-electron chi connectivity index (χ2n) is 5.35. The van der Waals surface area contributed by atoms with E-state index in [4.69, 9.17) is 0 Å². The van der Waals surface area contributed by atoms with Crippen LogP contribution < -0.4 is 10.6 Å². The van der Waals surface area contributed by atoms with E-state index in [2.05, 4.69) is 21.7 Å². The molecule has 0 radical (unpaired) electrons. The Bertz CT molecular complexity index is 664. The number of rotatable bonds is 7. The van der Waals surface area contributed by atoms with Gasteiger partial charge in [0.2, 0.25) is 0 Å². The standard InChI is InChI=1S/C17H27N3O2S/c1-5-7-8-11-19-17(18-6-2)20-13-15-9-10-16(14(3)12-15)23(4,21)22/h5,7,9-10,12H,6,8,11,13H2,1-4H3,(H2,18,19,20)/b7-5+. The van der Waals surface area contributed by atoms with Crippen molar-refractivity contribution >= 4 is 15.8 Å². The lowest BCUT2D eigenvalue weighted by atomic mass is 10.1. The van der Waals surface area contributed by atoms with Crippen LogP contribution in [0, 0.1) is 6.92 Å². The summed E-state index contributed by atoms with van der Waals surface area (Å²) in [6.45, 7) is 7.95.